The summed E-state index contributed by atoms with van der Waals surface area (Å²) in [5.74, 6) is -1.02. The molecular weight excluding hydrogens is 194 g/mol. The lowest BCUT2D eigenvalue weighted by Crippen LogP contribution is -2.13. The molecule has 0 bridgehead atoms. The molecule has 0 saturated carbocycles. The Morgan fingerprint density at radius 1 is 1.27 bits per heavy atom. The number of hydrogen-bond donors (Lipinski definition) is 1. The molecule has 1 amide bonds. The van der Waals surface area contributed by atoms with Gasteiger partial charge in [-0.3, -0.25) is 9.59 Å². The summed E-state index contributed by atoms with van der Waals surface area (Å²) in [6, 6.07) is 6.95. The third-order valence-electron chi connectivity index (χ3n) is 2.17. The monoisotopic (exact) mass is 203 g/mol. The Hall–Kier alpha value is -2.10. The first-order chi connectivity index (χ1) is 7.11. The minimum absolute atomic E-state index is 0.0660. The summed E-state index contributed by atoms with van der Waals surface area (Å²) in [5.41, 5.74) is 5.89. The van der Waals surface area contributed by atoms with Gasteiger partial charge in [0.25, 0.3) is 5.91 Å². The minimum atomic E-state index is -0.726. The highest BCUT2D eigenvalue weighted by atomic mass is 16.3. The molecule has 0 unspecified atom stereocenters. The van der Waals surface area contributed by atoms with Gasteiger partial charge < -0.3 is 10.2 Å². The Bertz CT molecular complexity index is 554. The van der Waals surface area contributed by atoms with Gasteiger partial charge in [-0.25, -0.2) is 0 Å². The lowest BCUT2D eigenvalue weighted by atomic mass is 10.1. The number of rotatable bonds is 2. The van der Waals surface area contributed by atoms with Crippen molar-refractivity contribution in [1.82, 2.24) is 0 Å². The van der Waals surface area contributed by atoms with Crippen LogP contribution in [0.15, 0.2) is 28.7 Å². The smallest absolute Gasteiger partial charge is 0.285 e. The Morgan fingerprint density at radius 3 is 2.53 bits per heavy atom. The highest BCUT2D eigenvalue weighted by Crippen LogP contribution is 2.25. The van der Waals surface area contributed by atoms with Gasteiger partial charge in [-0.1, -0.05) is 18.2 Å². The molecule has 2 N–H and O–H groups in total. The van der Waals surface area contributed by atoms with E-state index in [-0.39, 0.29) is 17.1 Å². The molecule has 1 aromatic heterocycles. The molecule has 76 valence electrons. The number of furan rings is 1. The van der Waals surface area contributed by atoms with Crippen LogP contribution in [0.5, 0.6) is 0 Å². The molecule has 0 radical (unpaired) electrons. The highest BCUT2D eigenvalue weighted by molar-refractivity contribution is 6.13. The van der Waals surface area contributed by atoms with Crippen LogP contribution in [0.4, 0.5) is 0 Å². The predicted octanol–water partition coefficient (Wildman–Crippen LogP) is 1.73. The predicted molar refractivity (Wildman–Crippen MR) is 54.7 cm³/mol. The number of fused-ring (bicyclic) bond motifs is 1. The van der Waals surface area contributed by atoms with E-state index in [9.17, 15) is 9.59 Å². The van der Waals surface area contributed by atoms with E-state index in [4.69, 9.17) is 10.2 Å². The SMILES string of the molecule is CC(=O)c1c(C(N)=O)oc2ccccc12. The van der Waals surface area contributed by atoms with Crippen LogP contribution < -0.4 is 5.73 Å². The zero-order valence-electron chi connectivity index (χ0n) is 8.11. The molecule has 0 saturated heterocycles. The molecule has 0 atom stereocenters. The standard InChI is InChI=1S/C11H9NO3/c1-6(13)9-7-4-2-3-5-8(7)15-10(9)11(12)14/h2-5H,1H3,(H2,12,14). The van der Waals surface area contributed by atoms with Gasteiger partial charge in [-0.15, -0.1) is 0 Å². The fraction of sp³-hybridized carbons (Fsp3) is 0.0909. The Morgan fingerprint density at radius 2 is 1.93 bits per heavy atom. The van der Waals surface area contributed by atoms with Crippen molar-refractivity contribution < 1.29 is 14.0 Å². The topological polar surface area (TPSA) is 73.3 Å². The molecule has 2 rings (SSSR count). The zero-order valence-corrected chi connectivity index (χ0v) is 8.11. The van der Waals surface area contributed by atoms with Crippen LogP contribution in [0.25, 0.3) is 11.0 Å². The first-order valence-electron chi connectivity index (χ1n) is 4.43. The summed E-state index contributed by atoms with van der Waals surface area (Å²) < 4.78 is 5.23. The molecule has 0 fully saturated rings. The normalized spacial score (nSPS) is 10.5. The number of hydrogen-bond acceptors (Lipinski definition) is 3. The molecule has 15 heavy (non-hydrogen) atoms. The average Bonchev–Trinajstić information content (AvgIpc) is 2.56. The summed E-state index contributed by atoms with van der Waals surface area (Å²) in [5, 5.41) is 0.624. The van der Waals surface area contributed by atoms with E-state index in [0.717, 1.165) is 0 Å². The van der Waals surface area contributed by atoms with E-state index in [1.165, 1.54) is 6.92 Å². The minimum Gasteiger partial charge on any atom is -0.450 e. The van der Waals surface area contributed by atoms with Crippen molar-refractivity contribution in [1.29, 1.82) is 0 Å². The number of carbonyl (C=O) groups is 2. The third kappa shape index (κ3) is 1.40. The van der Waals surface area contributed by atoms with Gasteiger partial charge in [0.1, 0.15) is 5.58 Å². The molecule has 1 heterocycles. The second-order valence-corrected chi connectivity index (χ2v) is 3.22. The van der Waals surface area contributed by atoms with Gasteiger partial charge in [0, 0.05) is 5.39 Å². The Labute approximate surface area is 85.7 Å². The maximum atomic E-state index is 11.4. The fourth-order valence-corrected chi connectivity index (χ4v) is 1.57. The number of ketones is 1. The molecule has 0 aliphatic rings. The molecule has 4 heteroatoms. The van der Waals surface area contributed by atoms with Crippen molar-refractivity contribution in [2.75, 3.05) is 0 Å². The zero-order chi connectivity index (χ0) is 11.0. The Balaban J connectivity index is 2.86. The van der Waals surface area contributed by atoms with Gasteiger partial charge in [0.2, 0.25) is 5.76 Å². The van der Waals surface area contributed by atoms with Crippen molar-refractivity contribution in [3.05, 3.63) is 35.6 Å². The van der Waals surface area contributed by atoms with Crippen molar-refractivity contribution in [2.24, 2.45) is 5.73 Å². The van der Waals surface area contributed by atoms with E-state index in [1.807, 2.05) is 0 Å². The van der Waals surface area contributed by atoms with Crippen molar-refractivity contribution in [2.45, 2.75) is 6.92 Å². The number of benzene rings is 1. The number of para-hydroxylation sites is 1. The van der Waals surface area contributed by atoms with Gasteiger partial charge in [-0.2, -0.15) is 0 Å². The van der Waals surface area contributed by atoms with Crippen LogP contribution in [0.3, 0.4) is 0 Å². The van der Waals surface area contributed by atoms with E-state index in [2.05, 4.69) is 0 Å². The van der Waals surface area contributed by atoms with Crippen molar-refractivity contribution in [3.63, 3.8) is 0 Å². The summed E-state index contributed by atoms with van der Waals surface area (Å²) in [6.45, 7) is 1.38. The van der Waals surface area contributed by atoms with E-state index < -0.39 is 5.91 Å². The lowest BCUT2D eigenvalue weighted by molar-refractivity contribution is 0.0953. The molecule has 0 spiro atoms. The summed E-state index contributed by atoms with van der Waals surface area (Å²) in [4.78, 5) is 22.5. The van der Waals surface area contributed by atoms with Crippen LogP contribution in [0.2, 0.25) is 0 Å². The Kier molecular flexibility index (Phi) is 2.04. The van der Waals surface area contributed by atoms with E-state index in [0.29, 0.717) is 11.0 Å². The first kappa shape index (κ1) is 9.45. The quantitative estimate of drug-likeness (QED) is 0.755. The average molecular weight is 203 g/mol. The van der Waals surface area contributed by atoms with Gasteiger partial charge in [0.05, 0.1) is 5.56 Å². The number of carbonyl (C=O) groups excluding carboxylic acids is 2. The van der Waals surface area contributed by atoms with Crippen LogP contribution in [0.1, 0.15) is 27.8 Å². The van der Waals surface area contributed by atoms with Crippen molar-refractivity contribution in [3.8, 4) is 0 Å². The van der Waals surface area contributed by atoms with Gasteiger partial charge in [0.15, 0.2) is 5.78 Å². The maximum absolute atomic E-state index is 11.4. The van der Waals surface area contributed by atoms with Gasteiger partial charge >= 0.3 is 0 Å². The second kappa shape index (κ2) is 3.24. The molecule has 0 aliphatic heterocycles. The molecular formula is C11H9NO3. The molecule has 2 aromatic rings. The number of nitrogens with two attached hydrogens (primary N) is 1. The first-order valence-corrected chi connectivity index (χ1v) is 4.43. The molecule has 0 aliphatic carbocycles. The van der Waals surface area contributed by atoms with Crippen LogP contribution in [-0.2, 0) is 0 Å². The number of primary amides is 1. The van der Waals surface area contributed by atoms with E-state index >= 15 is 0 Å². The maximum Gasteiger partial charge on any atom is 0.285 e. The van der Waals surface area contributed by atoms with Crippen LogP contribution in [0, 0.1) is 0 Å². The second-order valence-electron chi connectivity index (χ2n) is 3.22. The molecule has 1 aromatic carbocycles. The van der Waals surface area contributed by atoms with Gasteiger partial charge in [-0.05, 0) is 13.0 Å². The van der Waals surface area contributed by atoms with Crippen LogP contribution >= 0.6 is 0 Å². The van der Waals surface area contributed by atoms with Crippen molar-refractivity contribution >= 4 is 22.7 Å². The van der Waals surface area contributed by atoms with E-state index in [1.54, 1.807) is 24.3 Å². The summed E-state index contributed by atoms with van der Waals surface area (Å²) in [7, 11) is 0. The number of Topliss-reactive ketones (excluding diaryl/α,β-unsaturated/α-hetero) is 1. The largest absolute Gasteiger partial charge is 0.450 e. The fourth-order valence-electron chi connectivity index (χ4n) is 1.57. The summed E-state index contributed by atoms with van der Waals surface area (Å²) in [6.07, 6.45) is 0. The lowest BCUT2D eigenvalue weighted by Gasteiger charge is -1.92. The third-order valence-corrected chi connectivity index (χ3v) is 2.17. The number of amides is 1. The highest BCUT2D eigenvalue weighted by Gasteiger charge is 2.20. The van der Waals surface area contributed by atoms with Crippen LogP contribution in [-0.4, -0.2) is 11.7 Å². The molecule has 4 nitrogen and oxygen atoms in total. The summed E-state index contributed by atoms with van der Waals surface area (Å²) >= 11 is 0.